The molecule has 0 aliphatic carbocycles. The molecular weight excluding hydrogens is 376 g/mol. The Kier molecular flexibility index (Phi) is 6.18. The zero-order valence-corrected chi connectivity index (χ0v) is 17.9. The van der Waals surface area contributed by atoms with Gasteiger partial charge < -0.3 is 10.1 Å². The van der Waals surface area contributed by atoms with E-state index in [0.29, 0.717) is 35.9 Å². The van der Waals surface area contributed by atoms with Crippen molar-refractivity contribution in [3.8, 4) is 5.75 Å². The van der Waals surface area contributed by atoms with Crippen LogP contribution in [0.3, 0.4) is 0 Å². The average Bonchev–Trinajstić information content (AvgIpc) is 3.26. The van der Waals surface area contributed by atoms with Crippen LogP contribution in [-0.2, 0) is 6.42 Å². The number of rotatable bonds is 7. The standard InChI is InChI=1S/C25H30N2O3/c1-3-14-30-24-10-8-18(15-21(24)23(28)4-2)25(29)26-19-9-7-17-11-13-27-12-5-6-22(27)20(17)16-19/h7-10,15-16,22H,3-6,11-14H2,1-2H3,(H,26,29). The third kappa shape index (κ3) is 4.12. The van der Waals surface area contributed by atoms with E-state index in [0.717, 1.165) is 25.1 Å². The minimum absolute atomic E-state index is 0.0224. The molecule has 30 heavy (non-hydrogen) atoms. The van der Waals surface area contributed by atoms with Crippen molar-refractivity contribution in [3.63, 3.8) is 0 Å². The predicted molar refractivity (Wildman–Crippen MR) is 118 cm³/mol. The first-order valence-corrected chi connectivity index (χ1v) is 11.1. The van der Waals surface area contributed by atoms with Crippen LogP contribution in [0.4, 0.5) is 5.69 Å². The Morgan fingerprint density at radius 2 is 2.00 bits per heavy atom. The smallest absolute Gasteiger partial charge is 0.255 e. The van der Waals surface area contributed by atoms with Crippen molar-refractivity contribution >= 4 is 17.4 Å². The van der Waals surface area contributed by atoms with Crippen LogP contribution in [0.2, 0.25) is 0 Å². The Bertz CT molecular complexity index is 953. The van der Waals surface area contributed by atoms with Gasteiger partial charge in [0.2, 0.25) is 0 Å². The monoisotopic (exact) mass is 406 g/mol. The highest BCUT2D eigenvalue weighted by molar-refractivity contribution is 6.07. The Morgan fingerprint density at radius 3 is 2.80 bits per heavy atom. The zero-order chi connectivity index (χ0) is 21.1. The van der Waals surface area contributed by atoms with E-state index in [-0.39, 0.29) is 11.7 Å². The van der Waals surface area contributed by atoms with Gasteiger partial charge in [-0.3, -0.25) is 14.5 Å². The van der Waals surface area contributed by atoms with E-state index in [9.17, 15) is 9.59 Å². The molecule has 2 aromatic rings. The number of carbonyl (C=O) groups excluding carboxylic acids is 2. The highest BCUT2D eigenvalue weighted by Crippen LogP contribution is 2.38. The van der Waals surface area contributed by atoms with Crippen molar-refractivity contribution in [2.75, 3.05) is 25.0 Å². The van der Waals surface area contributed by atoms with E-state index in [1.807, 2.05) is 19.9 Å². The second-order valence-electron chi connectivity index (χ2n) is 8.15. The topological polar surface area (TPSA) is 58.6 Å². The summed E-state index contributed by atoms with van der Waals surface area (Å²) in [6.07, 6.45) is 4.73. The normalized spacial score (nSPS) is 17.9. The number of Topliss-reactive ketones (excluding diaryl/α,β-unsaturated/α-hetero) is 1. The molecule has 0 radical (unpaired) electrons. The molecule has 0 saturated carbocycles. The Balaban J connectivity index is 1.55. The largest absolute Gasteiger partial charge is 0.493 e. The van der Waals surface area contributed by atoms with Crippen molar-refractivity contribution < 1.29 is 14.3 Å². The SMILES string of the molecule is CCCOc1ccc(C(=O)Nc2ccc3c(c2)C2CCCN2CC3)cc1C(=O)CC. The number of nitrogens with one attached hydrogen (secondary N) is 1. The first kappa shape index (κ1) is 20.6. The number of amides is 1. The van der Waals surface area contributed by atoms with Gasteiger partial charge >= 0.3 is 0 Å². The van der Waals surface area contributed by atoms with Crippen LogP contribution >= 0.6 is 0 Å². The van der Waals surface area contributed by atoms with Gasteiger partial charge in [-0.05, 0) is 73.7 Å². The van der Waals surface area contributed by atoms with Gasteiger partial charge in [0.05, 0.1) is 12.2 Å². The van der Waals surface area contributed by atoms with Crippen LogP contribution in [-0.4, -0.2) is 36.3 Å². The van der Waals surface area contributed by atoms with Crippen molar-refractivity contribution in [1.82, 2.24) is 4.90 Å². The summed E-state index contributed by atoms with van der Waals surface area (Å²) in [5.74, 6) is 0.322. The first-order valence-electron chi connectivity index (χ1n) is 11.1. The minimum atomic E-state index is -0.207. The third-order valence-electron chi connectivity index (χ3n) is 6.12. The number of hydrogen-bond acceptors (Lipinski definition) is 4. The van der Waals surface area contributed by atoms with Crippen LogP contribution < -0.4 is 10.1 Å². The molecule has 4 rings (SSSR count). The Morgan fingerprint density at radius 1 is 1.13 bits per heavy atom. The van der Waals surface area contributed by atoms with Gasteiger partial charge in [-0.1, -0.05) is 19.9 Å². The third-order valence-corrected chi connectivity index (χ3v) is 6.12. The number of nitrogens with zero attached hydrogens (tertiary/aromatic N) is 1. The van der Waals surface area contributed by atoms with E-state index in [2.05, 4.69) is 22.3 Å². The van der Waals surface area contributed by atoms with Crippen LogP contribution in [0.5, 0.6) is 5.75 Å². The lowest BCUT2D eigenvalue weighted by Gasteiger charge is -2.32. The molecule has 0 spiro atoms. The van der Waals surface area contributed by atoms with Crippen LogP contribution in [0.25, 0.3) is 0 Å². The molecular formula is C25H30N2O3. The summed E-state index contributed by atoms with van der Waals surface area (Å²) < 4.78 is 5.71. The lowest BCUT2D eigenvalue weighted by atomic mass is 9.92. The fourth-order valence-corrected chi connectivity index (χ4v) is 4.54. The van der Waals surface area contributed by atoms with Gasteiger partial charge in [-0.15, -0.1) is 0 Å². The summed E-state index contributed by atoms with van der Waals surface area (Å²) in [5.41, 5.74) is 4.50. The highest BCUT2D eigenvalue weighted by Gasteiger charge is 2.31. The van der Waals surface area contributed by atoms with E-state index >= 15 is 0 Å². The van der Waals surface area contributed by atoms with Gasteiger partial charge in [0, 0.05) is 30.3 Å². The Hall–Kier alpha value is -2.66. The predicted octanol–water partition coefficient (Wildman–Crippen LogP) is 5.01. The van der Waals surface area contributed by atoms with Gasteiger partial charge in [-0.25, -0.2) is 0 Å². The summed E-state index contributed by atoms with van der Waals surface area (Å²) in [5, 5.41) is 3.03. The molecule has 1 saturated heterocycles. The molecule has 1 fully saturated rings. The summed E-state index contributed by atoms with van der Waals surface area (Å²) in [7, 11) is 0. The lowest BCUT2D eigenvalue weighted by molar-refractivity contribution is 0.0984. The molecule has 0 bridgehead atoms. The first-order chi connectivity index (χ1) is 14.6. The maximum Gasteiger partial charge on any atom is 0.255 e. The van der Waals surface area contributed by atoms with Gasteiger partial charge in [-0.2, -0.15) is 0 Å². The summed E-state index contributed by atoms with van der Waals surface area (Å²) in [6, 6.07) is 11.9. The van der Waals surface area contributed by atoms with Gasteiger partial charge in [0.1, 0.15) is 5.75 Å². The second-order valence-corrected chi connectivity index (χ2v) is 8.15. The molecule has 2 aliphatic rings. The Labute approximate surface area is 178 Å². The molecule has 0 aromatic heterocycles. The zero-order valence-electron chi connectivity index (χ0n) is 17.9. The van der Waals surface area contributed by atoms with Crippen molar-refractivity contribution in [3.05, 3.63) is 58.7 Å². The quantitative estimate of drug-likeness (QED) is 0.657. The van der Waals surface area contributed by atoms with Crippen LogP contribution in [0.1, 0.15) is 77.4 Å². The number of benzene rings is 2. The van der Waals surface area contributed by atoms with Crippen LogP contribution in [0, 0.1) is 0 Å². The summed E-state index contributed by atoms with van der Waals surface area (Å²) in [4.78, 5) is 27.9. The number of fused-ring (bicyclic) bond motifs is 3. The number of ketones is 1. The molecule has 1 amide bonds. The number of ether oxygens (including phenoxy) is 1. The van der Waals surface area contributed by atoms with Gasteiger partial charge in [0.15, 0.2) is 5.78 Å². The van der Waals surface area contributed by atoms with E-state index in [4.69, 9.17) is 4.74 Å². The molecule has 1 unspecified atom stereocenters. The summed E-state index contributed by atoms with van der Waals surface area (Å²) >= 11 is 0. The molecule has 2 heterocycles. The molecule has 158 valence electrons. The molecule has 1 atom stereocenters. The fraction of sp³-hybridized carbons (Fsp3) is 0.440. The average molecular weight is 407 g/mol. The van der Waals surface area contributed by atoms with E-state index < -0.39 is 0 Å². The minimum Gasteiger partial charge on any atom is -0.493 e. The molecule has 1 N–H and O–H groups in total. The fourth-order valence-electron chi connectivity index (χ4n) is 4.54. The number of carbonyl (C=O) groups is 2. The molecule has 5 nitrogen and oxygen atoms in total. The maximum absolute atomic E-state index is 12.9. The van der Waals surface area contributed by atoms with E-state index in [1.165, 1.54) is 30.5 Å². The second kappa shape index (κ2) is 9.00. The van der Waals surface area contributed by atoms with Crippen molar-refractivity contribution in [2.45, 2.75) is 52.0 Å². The van der Waals surface area contributed by atoms with Gasteiger partial charge in [0.25, 0.3) is 5.91 Å². The van der Waals surface area contributed by atoms with E-state index in [1.54, 1.807) is 18.2 Å². The van der Waals surface area contributed by atoms with Crippen molar-refractivity contribution in [2.24, 2.45) is 0 Å². The lowest BCUT2D eigenvalue weighted by Crippen LogP contribution is -2.31. The maximum atomic E-state index is 12.9. The van der Waals surface area contributed by atoms with Crippen molar-refractivity contribution in [1.29, 1.82) is 0 Å². The molecule has 2 aliphatic heterocycles. The molecule has 2 aromatic carbocycles. The summed E-state index contributed by atoms with van der Waals surface area (Å²) in [6.45, 7) is 6.68. The highest BCUT2D eigenvalue weighted by atomic mass is 16.5. The molecule has 5 heteroatoms. The number of hydrogen-bond donors (Lipinski definition) is 1. The number of anilines is 1. The van der Waals surface area contributed by atoms with Crippen LogP contribution in [0.15, 0.2) is 36.4 Å².